The van der Waals surface area contributed by atoms with Crippen LogP contribution in [0.2, 0.25) is 5.02 Å². The Balaban J connectivity index is 1.49. The predicted molar refractivity (Wildman–Crippen MR) is 111 cm³/mol. The number of carbonyl (C=O) groups excluding carboxylic acids is 2. The van der Waals surface area contributed by atoms with Crippen LogP contribution in [-0.4, -0.2) is 45.8 Å². The lowest BCUT2D eigenvalue weighted by Gasteiger charge is -2.22. The highest BCUT2D eigenvalue weighted by Crippen LogP contribution is 2.38. The summed E-state index contributed by atoms with van der Waals surface area (Å²) in [5.74, 6) is 1.15. The highest BCUT2D eigenvalue weighted by Gasteiger charge is 2.36. The van der Waals surface area contributed by atoms with E-state index in [2.05, 4.69) is 5.32 Å². The number of hydrogen-bond donors (Lipinski definition) is 1. The Labute approximate surface area is 178 Å². The molecule has 4 rings (SSSR count). The maximum absolute atomic E-state index is 12.8. The molecule has 2 aliphatic heterocycles. The highest BCUT2D eigenvalue weighted by atomic mass is 35.5. The molecule has 1 N–H and O–H groups in total. The van der Waals surface area contributed by atoms with E-state index in [1.165, 1.54) is 14.2 Å². The zero-order valence-electron chi connectivity index (χ0n) is 16.6. The first-order chi connectivity index (χ1) is 14.5. The molecule has 2 aliphatic rings. The first kappa shape index (κ1) is 20.2. The largest absolute Gasteiger partial charge is 0.495 e. The first-order valence-corrected chi connectivity index (χ1v) is 9.80. The molecule has 0 spiro atoms. The molecule has 1 saturated heterocycles. The van der Waals surface area contributed by atoms with Crippen molar-refractivity contribution >= 4 is 34.8 Å². The Hall–Kier alpha value is -3.13. The van der Waals surface area contributed by atoms with Crippen LogP contribution in [-0.2, 0) is 9.59 Å². The molecule has 1 fully saturated rings. The summed E-state index contributed by atoms with van der Waals surface area (Å²) in [5.41, 5.74) is 1.09. The van der Waals surface area contributed by atoms with E-state index >= 15 is 0 Å². The second kappa shape index (κ2) is 8.31. The normalized spacial score (nSPS) is 17.6. The SMILES string of the molecule is COc1cc(OC)c(NC(=O)[C@@H]2CC(=O)N(c3ccc4c(c3)OCCO4)C2)cc1Cl. The van der Waals surface area contributed by atoms with E-state index in [1.807, 2.05) is 0 Å². The van der Waals surface area contributed by atoms with E-state index in [0.29, 0.717) is 52.6 Å². The number of carbonyl (C=O) groups is 2. The number of ether oxygens (including phenoxy) is 4. The number of hydrogen-bond acceptors (Lipinski definition) is 6. The highest BCUT2D eigenvalue weighted by molar-refractivity contribution is 6.32. The van der Waals surface area contributed by atoms with Gasteiger partial charge < -0.3 is 29.2 Å². The molecule has 158 valence electrons. The van der Waals surface area contributed by atoms with E-state index in [4.69, 9.17) is 30.5 Å². The van der Waals surface area contributed by atoms with Gasteiger partial charge in [0.2, 0.25) is 11.8 Å². The van der Waals surface area contributed by atoms with Crippen LogP contribution in [0.25, 0.3) is 0 Å². The van der Waals surface area contributed by atoms with E-state index in [1.54, 1.807) is 35.2 Å². The van der Waals surface area contributed by atoms with Gasteiger partial charge in [0.05, 0.1) is 30.8 Å². The summed E-state index contributed by atoms with van der Waals surface area (Å²) in [5, 5.41) is 3.15. The number of anilines is 2. The lowest BCUT2D eigenvalue weighted by atomic mass is 10.1. The fourth-order valence-electron chi connectivity index (χ4n) is 3.53. The van der Waals surface area contributed by atoms with Crippen molar-refractivity contribution in [2.45, 2.75) is 6.42 Å². The van der Waals surface area contributed by atoms with E-state index in [-0.39, 0.29) is 24.8 Å². The summed E-state index contributed by atoms with van der Waals surface area (Å²) >= 11 is 6.17. The third kappa shape index (κ3) is 3.82. The standard InChI is InChI=1S/C21H21ClN2O6/c1-27-17-10-18(28-2)15(9-14(17)22)23-21(26)12-7-20(25)24(11-12)13-3-4-16-19(8-13)30-6-5-29-16/h3-4,8-10,12H,5-7,11H2,1-2H3,(H,23,26)/t12-/m1/s1. The Kier molecular flexibility index (Phi) is 5.59. The zero-order valence-corrected chi connectivity index (χ0v) is 17.3. The van der Waals surface area contributed by atoms with Gasteiger partial charge in [0.25, 0.3) is 0 Å². The predicted octanol–water partition coefficient (Wildman–Crippen LogP) is 3.12. The summed E-state index contributed by atoms with van der Waals surface area (Å²) < 4.78 is 21.6. The molecule has 9 heteroatoms. The molecular formula is C21H21ClN2O6. The minimum Gasteiger partial charge on any atom is -0.495 e. The van der Waals surface area contributed by atoms with Gasteiger partial charge in [-0.05, 0) is 18.2 Å². The molecule has 2 amide bonds. The molecule has 0 radical (unpaired) electrons. The quantitative estimate of drug-likeness (QED) is 0.781. The number of nitrogens with zero attached hydrogens (tertiary/aromatic N) is 1. The van der Waals surface area contributed by atoms with E-state index < -0.39 is 5.92 Å². The van der Waals surface area contributed by atoms with Crippen molar-refractivity contribution in [3.8, 4) is 23.0 Å². The molecule has 30 heavy (non-hydrogen) atoms. The van der Waals surface area contributed by atoms with Crippen LogP contribution in [0.1, 0.15) is 6.42 Å². The van der Waals surface area contributed by atoms with Gasteiger partial charge in [0, 0.05) is 30.8 Å². The smallest absolute Gasteiger partial charge is 0.229 e. The Morgan fingerprint density at radius 3 is 2.57 bits per heavy atom. The van der Waals surface area contributed by atoms with Gasteiger partial charge in [0.1, 0.15) is 24.7 Å². The van der Waals surface area contributed by atoms with Crippen molar-refractivity contribution in [1.29, 1.82) is 0 Å². The molecule has 0 bridgehead atoms. The van der Waals surface area contributed by atoms with Gasteiger partial charge in [-0.25, -0.2) is 0 Å². The summed E-state index contributed by atoms with van der Waals surface area (Å²) in [4.78, 5) is 27.0. The van der Waals surface area contributed by atoms with Crippen LogP contribution < -0.4 is 29.2 Å². The summed E-state index contributed by atoms with van der Waals surface area (Å²) in [6, 6.07) is 8.48. The molecule has 0 unspecified atom stereocenters. The minimum atomic E-state index is -0.517. The third-order valence-electron chi connectivity index (χ3n) is 5.07. The van der Waals surface area contributed by atoms with Gasteiger partial charge in [-0.2, -0.15) is 0 Å². The fraction of sp³-hybridized carbons (Fsp3) is 0.333. The lowest BCUT2D eigenvalue weighted by molar-refractivity contribution is -0.122. The Morgan fingerprint density at radius 2 is 1.83 bits per heavy atom. The van der Waals surface area contributed by atoms with Crippen molar-refractivity contribution in [3.63, 3.8) is 0 Å². The van der Waals surface area contributed by atoms with Crippen molar-refractivity contribution in [2.24, 2.45) is 5.92 Å². The van der Waals surface area contributed by atoms with Crippen LogP contribution >= 0.6 is 11.6 Å². The number of halogens is 1. The Morgan fingerprint density at radius 1 is 1.10 bits per heavy atom. The first-order valence-electron chi connectivity index (χ1n) is 9.42. The monoisotopic (exact) mass is 432 g/mol. The number of benzene rings is 2. The maximum atomic E-state index is 12.8. The number of fused-ring (bicyclic) bond motifs is 1. The molecule has 2 heterocycles. The second-order valence-electron chi connectivity index (χ2n) is 6.91. The number of amides is 2. The average molecular weight is 433 g/mol. The number of nitrogens with one attached hydrogen (secondary N) is 1. The van der Waals surface area contributed by atoms with E-state index in [9.17, 15) is 9.59 Å². The third-order valence-corrected chi connectivity index (χ3v) is 5.36. The van der Waals surface area contributed by atoms with E-state index in [0.717, 1.165) is 0 Å². The van der Waals surface area contributed by atoms with Gasteiger partial charge in [-0.3, -0.25) is 9.59 Å². The molecule has 0 aliphatic carbocycles. The van der Waals surface area contributed by atoms with Crippen LogP contribution in [0.3, 0.4) is 0 Å². The fourth-order valence-corrected chi connectivity index (χ4v) is 3.77. The molecule has 0 saturated carbocycles. The number of rotatable bonds is 5. The Bertz CT molecular complexity index is 996. The van der Waals surface area contributed by atoms with Crippen molar-refractivity contribution in [1.82, 2.24) is 0 Å². The zero-order chi connectivity index (χ0) is 21.3. The minimum absolute atomic E-state index is 0.104. The van der Waals surface area contributed by atoms with Crippen LogP contribution in [0, 0.1) is 5.92 Å². The van der Waals surface area contributed by atoms with Gasteiger partial charge in [-0.15, -0.1) is 0 Å². The number of methoxy groups -OCH3 is 2. The molecule has 2 aromatic rings. The van der Waals surface area contributed by atoms with Crippen LogP contribution in [0.4, 0.5) is 11.4 Å². The van der Waals surface area contributed by atoms with Crippen LogP contribution in [0.5, 0.6) is 23.0 Å². The van der Waals surface area contributed by atoms with Crippen molar-refractivity contribution in [3.05, 3.63) is 35.4 Å². The molecule has 1 atom stereocenters. The van der Waals surface area contributed by atoms with Gasteiger partial charge >= 0.3 is 0 Å². The summed E-state index contributed by atoms with van der Waals surface area (Å²) in [6.45, 7) is 1.22. The average Bonchev–Trinajstić information content (AvgIpc) is 3.15. The molecule has 8 nitrogen and oxygen atoms in total. The second-order valence-corrected chi connectivity index (χ2v) is 7.32. The van der Waals surface area contributed by atoms with Crippen molar-refractivity contribution < 1.29 is 28.5 Å². The summed E-state index contributed by atoms with van der Waals surface area (Å²) in [6.07, 6.45) is 0.104. The molecule has 0 aromatic heterocycles. The van der Waals surface area contributed by atoms with Crippen molar-refractivity contribution in [2.75, 3.05) is 44.2 Å². The van der Waals surface area contributed by atoms with Crippen LogP contribution in [0.15, 0.2) is 30.3 Å². The van der Waals surface area contributed by atoms with Gasteiger partial charge in [-0.1, -0.05) is 11.6 Å². The molecular weight excluding hydrogens is 412 g/mol. The maximum Gasteiger partial charge on any atom is 0.229 e. The topological polar surface area (TPSA) is 86.3 Å². The van der Waals surface area contributed by atoms with Gasteiger partial charge in [0.15, 0.2) is 11.5 Å². The lowest BCUT2D eigenvalue weighted by Crippen LogP contribution is -2.28. The summed E-state index contributed by atoms with van der Waals surface area (Å²) in [7, 11) is 2.98. The molecule has 2 aromatic carbocycles.